The smallest absolute Gasteiger partial charge is 0.00508 e. The van der Waals surface area contributed by atoms with E-state index < -0.39 is 0 Å². The second kappa shape index (κ2) is 7.38. The van der Waals surface area contributed by atoms with Crippen molar-refractivity contribution in [1.82, 2.24) is 10.2 Å². The third-order valence-electron chi connectivity index (χ3n) is 4.05. The number of hydrogen-bond donors (Lipinski definition) is 1. The third-order valence-corrected chi connectivity index (χ3v) is 4.05. The normalized spacial score (nSPS) is 23.3. The second-order valence-electron chi connectivity index (χ2n) is 6.50. The standard InChI is InChI=1S/C15H32N2/c1-5-10-16-14(2)7-12-17-11-6-8-15(3,4)9-13-17/h14,16H,5-13H2,1-4H3. The van der Waals surface area contributed by atoms with Crippen LogP contribution in [0.3, 0.4) is 0 Å². The lowest BCUT2D eigenvalue weighted by atomic mass is 9.85. The van der Waals surface area contributed by atoms with Crippen LogP contribution in [0.4, 0.5) is 0 Å². The lowest BCUT2D eigenvalue weighted by Gasteiger charge is -2.24. The molecule has 1 fully saturated rings. The molecule has 1 heterocycles. The van der Waals surface area contributed by atoms with E-state index in [1.54, 1.807) is 0 Å². The number of nitrogens with one attached hydrogen (secondary N) is 1. The summed E-state index contributed by atoms with van der Waals surface area (Å²) in [5.41, 5.74) is 0.570. The number of likely N-dealkylation sites (tertiary alicyclic amines) is 1. The first-order valence-corrected chi connectivity index (χ1v) is 7.49. The summed E-state index contributed by atoms with van der Waals surface area (Å²) >= 11 is 0. The quantitative estimate of drug-likeness (QED) is 0.766. The average Bonchev–Trinajstić information content (AvgIpc) is 2.45. The van der Waals surface area contributed by atoms with Crippen LogP contribution < -0.4 is 5.32 Å². The summed E-state index contributed by atoms with van der Waals surface area (Å²) < 4.78 is 0. The van der Waals surface area contributed by atoms with Crippen LogP contribution in [-0.4, -0.2) is 37.1 Å². The molecule has 1 atom stereocenters. The molecule has 102 valence electrons. The fourth-order valence-electron chi connectivity index (χ4n) is 2.57. The fraction of sp³-hybridized carbons (Fsp3) is 1.00. The zero-order valence-corrected chi connectivity index (χ0v) is 12.4. The largest absolute Gasteiger partial charge is 0.314 e. The molecule has 0 bridgehead atoms. The topological polar surface area (TPSA) is 15.3 Å². The molecule has 1 rings (SSSR count). The predicted molar refractivity (Wildman–Crippen MR) is 76.4 cm³/mol. The van der Waals surface area contributed by atoms with Gasteiger partial charge in [-0.1, -0.05) is 20.8 Å². The molecule has 0 aromatic heterocycles. The van der Waals surface area contributed by atoms with E-state index >= 15 is 0 Å². The molecule has 1 aliphatic rings. The summed E-state index contributed by atoms with van der Waals surface area (Å²) in [4.78, 5) is 2.67. The maximum atomic E-state index is 3.58. The van der Waals surface area contributed by atoms with Crippen LogP contribution in [-0.2, 0) is 0 Å². The van der Waals surface area contributed by atoms with E-state index in [1.807, 2.05) is 0 Å². The van der Waals surface area contributed by atoms with Crippen molar-refractivity contribution >= 4 is 0 Å². The van der Waals surface area contributed by atoms with Crippen LogP contribution in [0, 0.1) is 5.41 Å². The molecule has 1 unspecified atom stereocenters. The lowest BCUT2D eigenvalue weighted by Crippen LogP contribution is -2.33. The Morgan fingerprint density at radius 2 is 2.00 bits per heavy atom. The van der Waals surface area contributed by atoms with Crippen molar-refractivity contribution in [3.8, 4) is 0 Å². The van der Waals surface area contributed by atoms with E-state index in [-0.39, 0.29) is 0 Å². The summed E-state index contributed by atoms with van der Waals surface area (Å²) in [5, 5.41) is 3.58. The molecule has 1 saturated heterocycles. The summed E-state index contributed by atoms with van der Waals surface area (Å²) in [6, 6.07) is 0.672. The fourth-order valence-corrected chi connectivity index (χ4v) is 2.57. The Hall–Kier alpha value is -0.0800. The van der Waals surface area contributed by atoms with Crippen molar-refractivity contribution in [2.45, 2.75) is 65.8 Å². The van der Waals surface area contributed by atoms with Crippen LogP contribution in [0.5, 0.6) is 0 Å². The van der Waals surface area contributed by atoms with Gasteiger partial charge in [0.15, 0.2) is 0 Å². The van der Waals surface area contributed by atoms with Gasteiger partial charge in [0, 0.05) is 6.04 Å². The molecule has 17 heavy (non-hydrogen) atoms. The Balaban J connectivity index is 2.18. The van der Waals surface area contributed by atoms with Gasteiger partial charge in [0.25, 0.3) is 0 Å². The molecule has 2 heteroatoms. The van der Waals surface area contributed by atoms with Crippen molar-refractivity contribution in [3.05, 3.63) is 0 Å². The van der Waals surface area contributed by atoms with Gasteiger partial charge >= 0.3 is 0 Å². The van der Waals surface area contributed by atoms with Crippen molar-refractivity contribution in [2.75, 3.05) is 26.2 Å². The van der Waals surface area contributed by atoms with E-state index in [4.69, 9.17) is 0 Å². The lowest BCUT2D eigenvalue weighted by molar-refractivity contribution is 0.251. The second-order valence-corrected chi connectivity index (χ2v) is 6.50. The van der Waals surface area contributed by atoms with E-state index in [0.29, 0.717) is 11.5 Å². The Labute approximate surface area is 108 Å². The molecule has 0 radical (unpaired) electrons. The van der Waals surface area contributed by atoms with Crippen molar-refractivity contribution in [1.29, 1.82) is 0 Å². The Kier molecular flexibility index (Phi) is 6.50. The van der Waals surface area contributed by atoms with Crippen LogP contribution in [0.15, 0.2) is 0 Å². The molecule has 0 saturated carbocycles. The van der Waals surface area contributed by atoms with Gasteiger partial charge in [-0.25, -0.2) is 0 Å². The molecule has 0 aromatic rings. The Morgan fingerprint density at radius 1 is 1.24 bits per heavy atom. The van der Waals surface area contributed by atoms with E-state index in [0.717, 1.165) is 6.54 Å². The SMILES string of the molecule is CCCNC(C)CCN1CCCC(C)(C)CC1. The first kappa shape index (κ1) is 15.0. The van der Waals surface area contributed by atoms with Gasteiger partial charge in [0.2, 0.25) is 0 Å². The molecule has 1 N–H and O–H groups in total. The van der Waals surface area contributed by atoms with Crippen LogP contribution in [0.2, 0.25) is 0 Å². The summed E-state index contributed by atoms with van der Waals surface area (Å²) in [5.74, 6) is 0. The summed E-state index contributed by atoms with van der Waals surface area (Å²) in [7, 11) is 0. The molecular weight excluding hydrogens is 208 g/mol. The molecule has 2 nitrogen and oxygen atoms in total. The van der Waals surface area contributed by atoms with Gasteiger partial charge < -0.3 is 10.2 Å². The van der Waals surface area contributed by atoms with Crippen LogP contribution >= 0.6 is 0 Å². The average molecular weight is 240 g/mol. The van der Waals surface area contributed by atoms with Crippen molar-refractivity contribution in [3.63, 3.8) is 0 Å². The molecular formula is C15H32N2. The van der Waals surface area contributed by atoms with Gasteiger partial charge in [-0.2, -0.15) is 0 Å². The van der Waals surface area contributed by atoms with Gasteiger partial charge in [-0.3, -0.25) is 0 Å². The zero-order chi connectivity index (χ0) is 12.7. The van der Waals surface area contributed by atoms with Crippen LogP contribution in [0.1, 0.15) is 59.8 Å². The number of hydrogen-bond acceptors (Lipinski definition) is 2. The zero-order valence-electron chi connectivity index (χ0n) is 12.4. The molecule has 0 aromatic carbocycles. The first-order valence-electron chi connectivity index (χ1n) is 7.49. The minimum absolute atomic E-state index is 0.570. The molecule has 0 spiro atoms. The van der Waals surface area contributed by atoms with Crippen molar-refractivity contribution < 1.29 is 0 Å². The van der Waals surface area contributed by atoms with Crippen molar-refractivity contribution in [2.24, 2.45) is 5.41 Å². The van der Waals surface area contributed by atoms with Gasteiger partial charge in [-0.05, 0) is 70.6 Å². The monoisotopic (exact) mass is 240 g/mol. The maximum Gasteiger partial charge on any atom is 0.00508 e. The molecule has 0 amide bonds. The summed E-state index contributed by atoms with van der Waals surface area (Å²) in [6.45, 7) is 14.4. The highest BCUT2D eigenvalue weighted by Crippen LogP contribution is 2.29. The summed E-state index contributed by atoms with van der Waals surface area (Å²) in [6.07, 6.45) is 6.67. The third kappa shape index (κ3) is 6.42. The van der Waals surface area contributed by atoms with E-state index in [2.05, 4.69) is 37.9 Å². The van der Waals surface area contributed by atoms with Crippen LogP contribution in [0.25, 0.3) is 0 Å². The number of rotatable bonds is 6. The minimum Gasteiger partial charge on any atom is -0.314 e. The highest BCUT2D eigenvalue weighted by Gasteiger charge is 2.22. The predicted octanol–water partition coefficient (Wildman–Crippen LogP) is 3.28. The molecule has 1 aliphatic heterocycles. The minimum atomic E-state index is 0.570. The van der Waals surface area contributed by atoms with E-state index in [1.165, 1.54) is 51.7 Å². The first-order chi connectivity index (χ1) is 8.03. The number of nitrogens with zero attached hydrogens (tertiary/aromatic N) is 1. The van der Waals surface area contributed by atoms with Gasteiger partial charge in [0.05, 0.1) is 0 Å². The highest BCUT2D eigenvalue weighted by molar-refractivity contribution is 4.76. The van der Waals surface area contributed by atoms with Gasteiger partial charge in [0.1, 0.15) is 0 Å². The van der Waals surface area contributed by atoms with E-state index in [9.17, 15) is 0 Å². The Morgan fingerprint density at radius 3 is 2.71 bits per heavy atom. The Bertz CT molecular complexity index is 201. The molecule has 0 aliphatic carbocycles. The maximum absolute atomic E-state index is 3.58. The van der Waals surface area contributed by atoms with Gasteiger partial charge in [-0.15, -0.1) is 0 Å². The highest BCUT2D eigenvalue weighted by atomic mass is 15.1.